The summed E-state index contributed by atoms with van der Waals surface area (Å²) in [6.45, 7) is 3.56. The van der Waals surface area contributed by atoms with Gasteiger partial charge in [-0.15, -0.1) is 0 Å². The number of amides is 1. The SMILES string of the molecule is N#CCC1(C#N)CCN(c2ccnc(Nc3ccc(N4CCOCC4)cc3)n2)C1=O. The van der Waals surface area contributed by atoms with Gasteiger partial charge >= 0.3 is 0 Å². The lowest BCUT2D eigenvalue weighted by atomic mass is 9.85. The predicted octanol–water partition coefficient (Wildman–Crippen LogP) is 2.22. The molecular formula is C21H21N7O2. The Morgan fingerprint density at radius 2 is 1.90 bits per heavy atom. The van der Waals surface area contributed by atoms with Gasteiger partial charge in [0.25, 0.3) is 0 Å². The van der Waals surface area contributed by atoms with E-state index < -0.39 is 5.41 Å². The summed E-state index contributed by atoms with van der Waals surface area (Å²) in [5.74, 6) is 0.387. The molecule has 0 bridgehead atoms. The fourth-order valence-corrected chi connectivity index (χ4v) is 3.70. The first-order valence-corrected chi connectivity index (χ1v) is 9.78. The predicted molar refractivity (Wildman–Crippen MR) is 110 cm³/mol. The van der Waals surface area contributed by atoms with Gasteiger partial charge in [0, 0.05) is 37.2 Å². The summed E-state index contributed by atoms with van der Waals surface area (Å²) < 4.78 is 5.39. The third kappa shape index (κ3) is 3.76. The van der Waals surface area contributed by atoms with Gasteiger partial charge in [0.05, 0.1) is 31.8 Å². The van der Waals surface area contributed by atoms with Gasteiger partial charge in [-0.05, 0) is 36.8 Å². The summed E-state index contributed by atoms with van der Waals surface area (Å²) in [6, 6.07) is 13.6. The fourth-order valence-electron chi connectivity index (χ4n) is 3.70. The molecule has 1 unspecified atom stereocenters. The molecule has 152 valence electrons. The quantitative estimate of drug-likeness (QED) is 0.807. The third-order valence-corrected chi connectivity index (χ3v) is 5.43. The van der Waals surface area contributed by atoms with Gasteiger partial charge in [0.2, 0.25) is 11.9 Å². The molecule has 9 nitrogen and oxygen atoms in total. The summed E-state index contributed by atoms with van der Waals surface area (Å²) in [4.78, 5) is 25.2. The molecule has 1 amide bonds. The monoisotopic (exact) mass is 403 g/mol. The van der Waals surface area contributed by atoms with Crippen LogP contribution < -0.4 is 15.1 Å². The normalized spacial score (nSPS) is 21.2. The minimum atomic E-state index is -1.29. The second-order valence-electron chi connectivity index (χ2n) is 7.25. The zero-order valence-corrected chi connectivity index (χ0v) is 16.4. The van der Waals surface area contributed by atoms with Crippen LogP contribution in [-0.2, 0) is 9.53 Å². The van der Waals surface area contributed by atoms with Crippen LogP contribution in [0.4, 0.5) is 23.1 Å². The average molecular weight is 403 g/mol. The van der Waals surface area contributed by atoms with Gasteiger partial charge in [-0.25, -0.2) is 4.98 Å². The molecule has 0 aliphatic carbocycles. The second-order valence-corrected chi connectivity index (χ2v) is 7.25. The van der Waals surface area contributed by atoms with Crippen LogP contribution >= 0.6 is 0 Å². The number of carbonyl (C=O) groups excluding carboxylic acids is 1. The van der Waals surface area contributed by atoms with E-state index in [-0.39, 0.29) is 12.3 Å². The molecule has 2 saturated heterocycles. The Labute approximate surface area is 174 Å². The van der Waals surface area contributed by atoms with Crippen molar-refractivity contribution in [3.63, 3.8) is 0 Å². The van der Waals surface area contributed by atoms with Crippen molar-refractivity contribution in [3.05, 3.63) is 36.5 Å². The van der Waals surface area contributed by atoms with Crippen molar-refractivity contribution in [2.24, 2.45) is 5.41 Å². The van der Waals surface area contributed by atoms with Crippen molar-refractivity contribution in [2.75, 3.05) is 48.0 Å². The van der Waals surface area contributed by atoms with Crippen LogP contribution in [0.2, 0.25) is 0 Å². The number of ether oxygens (including phenoxy) is 1. The average Bonchev–Trinajstić information content (AvgIpc) is 3.12. The molecule has 2 fully saturated rings. The second kappa shape index (κ2) is 8.36. The molecule has 2 aliphatic heterocycles. The zero-order chi connectivity index (χ0) is 21.0. The van der Waals surface area contributed by atoms with E-state index in [1.165, 1.54) is 4.90 Å². The highest BCUT2D eigenvalue weighted by atomic mass is 16.5. The standard InChI is InChI=1S/C21H21N7O2/c22-8-6-21(15-23)7-10-28(19(21)29)18-5-9-24-20(26-18)25-16-1-3-17(4-2-16)27-11-13-30-14-12-27/h1-5,9H,6-7,10-14H2,(H,24,25,26). The van der Waals surface area contributed by atoms with Crippen molar-refractivity contribution < 1.29 is 9.53 Å². The van der Waals surface area contributed by atoms with Gasteiger partial charge < -0.3 is 15.0 Å². The number of hydrogen-bond donors (Lipinski definition) is 1. The molecule has 1 atom stereocenters. The number of anilines is 4. The van der Waals surface area contributed by atoms with Gasteiger partial charge in [0.1, 0.15) is 5.82 Å². The molecule has 1 N–H and O–H groups in total. The maximum absolute atomic E-state index is 12.8. The molecule has 0 radical (unpaired) electrons. The number of nitrogens with one attached hydrogen (secondary N) is 1. The van der Waals surface area contributed by atoms with Crippen LogP contribution in [0.5, 0.6) is 0 Å². The molecule has 4 rings (SSSR count). The summed E-state index contributed by atoms with van der Waals surface area (Å²) in [6.07, 6.45) is 1.76. The van der Waals surface area contributed by atoms with Gasteiger partial charge in [-0.2, -0.15) is 15.5 Å². The Kier molecular flexibility index (Phi) is 5.46. The summed E-state index contributed by atoms with van der Waals surface area (Å²) in [5, 5.41) is 21.6. The third-order valence-electron chi connectivity index (χ3n) is 5.43. The Bertz CT molecular complexity index is 1010. The summed E-state index contributed by atoms with van der Waals surface area (Å²) in [5.41, 5.74) is 0.669. The smallest absolute Gasteiger partial charge is 0.249 e. The number of nitriles is 2. The van der Waals surface area contributed by atoms with E-state index in [0.29, 0.717) is 24.7 Å². The maximum atomic E-state index is 12.8. The number of aromatic nitrogens is 2. The molecule has 9 heteroatoms. The molecule has 2 aromatic rings. The number of benzene rings is 1. The molecule has 0 saturated carbocycles. The minimum absolute atomic E-state index is 0.121. The number of rotatable bonds is 5. The van der Waals surface area contributed by atoms with E-state index in [0.717, 1.165) is 37.7 Å². The molecule has 3 heterocycles. The highest BCUT2D eigenvalue weighted by molar-refractivity contribution is 6.01. The zero-order valence-electron chi connectivity index (χ0n) is 16.4. The molecular weight excluding hydrogens is 382 g/mol. The van der Waals surface area contributed by atoms with Crippen molar-refractivity contribution in [2.45, 2.75) is 12.8 Å². The molecule has 0 spiro atoms. The number of hydrogen-bond acceptors (Lipinski definition) is 8. The van der Waals surface area contributed by atoms with Crippen molar-refractivity contribution in [3.8, 4) is 12.1 Å². The van der Waals surface area contributed by atoms with Crippen molar-refractivity contribution in [1.82, 2.24) is 9.97 Å². The van der Waals surface area contributed by atoms with Gasteiger partial charge in [-0.1, -0.05) is 0 Å². The fraction of sp³-hybridized carbons (Fsp3) is 0.381. The van der Waals surface area contributed by atoms with Crippen LogP contribution in [0, 0.1) is 28.1 Å². The topological polar surface area (TPSA) is 118 Å². The Morgan fingerprint density at radius 3 is 2.60 bits per heavy atom. The number of morpholine rings is 1. The minimum Gasteiger partial charge on any atom is -0.378 e. The van der Waals surface area contributed by atoms with Gasteiger partial charge in [0.15, 0.2) is 5.41 Å². The first-order chi connectivity index (χ1) is 14.6. The van der Waals surface area contributed by atoms with E-state index in [9.17, 15) is 10.1 Å². The van der Waals surface area contributed by atoms with E-state index in [2.05, 4.69) is 20.2 Å². The lowest BCUT2D eigenvalue weighted by Gasteiger charge is -2.28. The van der Waals surface area contributed by atoms with Crippen LogP contribution in [0.15, 0.2) is 36.5 Å². The van der Waals surface area contributed by atoms with Crippen LogP contribution in [0.25, 0.3) is 0 Å². The number of nitrogens with zero attached hydrogens (tertiary/aromatic N) is 6. The van der Waals surface area contributed by atoms with Gasteiger partial charge in [-0.3, -0.25) is 9.69 Å². The molecule has 1 aromatic carbocycles. The first-order valence-electron chi connectivity index (χ1n) is 9.78. The van der Waals surface area contributed by atoms with E-state index in [1.807, 2.05) is 36.4 Å². The highest BCUT2D eigenvalue weighted by Crippen LogP contribution is 2.36. The van der Waals surface area contributed by atoms with Crippen molar-refractivity contribution >= 4 is 29.0 Å². The largest absolute Gasteiger partial charge is 0.378 e. The van der Waals surface area contributed by atoms with Crippen LogP contribution in [-0.4, -0.2) is 48.7 Å². The summed E-state index contributed by atoms with van der Waals surface area (Å²) >= 11 is 0. The van der Waals surface area contributed by atoms with E-state index in [1.54, 1.807) is 12.3 Å². The van der Waals surface area contributed by atoms with Crippen molar-refractivity contribution in [1.29, 1.82) is 10.5 Å². The Morgan fingerprint density at radius 1 is 1.13 bits per heavy atom. The van der Waals surface area contributed by atoms with Crippen LogP contribution in [0.3, 0.4) is 0 Å². The van der Waals surface area contributed by atoms with E-state index in [4.69, 9.17) is 10.00 Å². The Balaban J connectivity index is 1.47. The Hall–Kier alpha value is -3.69. The molecule has 30 heavy (non-hydrogen) atoms. The van der Waals surface area contributed by atoms with Crippen LogP contribution in [0.1, 0.15) is 12.8 Å². The lowest BCUT2D eigenvalue weighted by Crippen LogP contribution is -2.36. The summed E-state index contributed by atoms with van der Waals surface area (Å²) in [7, 11) is 0. The lowest BCUT2D eigenvalue weighted by molar-refractivity contribution is -0.122. The van der Waals surface area contributed by atoms with E-state index >= 15 is 0 Å². The molecule has 1 aromatic heterocycles. The number of carbonyl (C=O) groups is 1. The highest BCUT2D eigenvalue weighted by Gasteiger charge is 2.48. The first kappa shape index (κ1) is 19.6. The molecule has 2 aliphatic rings. The maximum Gasteiger partial charge on any atom is 0.249 e.